The number of rotatable bonds is 3. The molecular formula is C27H28N2O3. The Morgan fingerprint density at radius 2 is 1.62 bits per heavy atom. The molecule has 164 valence electrons. The van der Waals surface area contributed by atoms with Crippen LogP contribution in [0.1, 0.15) is 47.7 Å². The number of carbonyl (C=O) groups excluding carboxylic acids is 2. The maximum atomic E-state index is 13.1. The van der Waals surface area contributed by atoms with Crippen molar-refractivity contribution in [3.63, 3.8) is 0 Å². The van der Waals surface area contributed by atoms with Crippen LogP contribution in [0, 0.1) is 0 Å². The van der Waals surface area contributed by atoms with E-state index in [0.717, 1.165) is 17.5 Å². The van der Waals surface area contributed by atoms with Crippen molar-refractivity contribution in [1.29, 1.82) is 0 Å². The maximum Gasteiger partial charge on any atom is 0.254 e. The molecule has 2 aromatic carbocycles. The molecule has 5 nitrogen and oxygen atoms in total. The SMILES string of the molecule is C[C@H]1CN(C(=O)c2ccc(-c3ccc4c(c3)C=CCC=C4)cc2)CCN1C(=O)C1(O)CC1. The van der Waals surface area contributed by atoms with Crippen LogP contribution in [0.15, 0.2) is 54.6 Å². The Labute approximate surface area is 188 Å². The van der Waals surface area contributed by atoms with Crippen LogP contribution in [-0.4, -0.2) is 58.0 Å². The van der Waals surface area contributed by atoms with E-state index in [2.05, 4.69) is 42.5 Å². The largest absolute Gasteiger partial charge is 0.380 e. The molecule has 3 aliphatic rings. The third kappa shape index (κ3) is 3.89. The van der Waals surface area contributed by atoms with Crippen LogP contribution >= 0.6 is 0 Å². The van der Waals surface area contributed by atoms with Gasteiger partial charge in [-0.1, -0.05) is 48.6 Å². The van der Waals surface area contributed by atoms with Gasteiger partial charge in [-0.2, -0.15) is 0 Å². The van der Waals surface area contributed by atoms with E-state index in [0.29, 0.717) is 38.0 Å². The third-order valence-electron chi connectivity index (χ3n) is 6.72. The van der Waals surface area contributed by atoms with Gasteiger partial charge in [0.2, 0.25) is 0 Å². The lowest BCUT2D eigenvalue weighted by Gasteiger charge is -2.40. The van der Waals surface area contributed by atoms with Crippen molar-refractivity contribution < 1.29 is 14.7 Å². The van der Waals surface area contributed by atoms with Gasteiger partial charge in [0.05, 0.1) is 0 Å². The topological polar surface area (TPSA) is 60.9 Å². The molecule has 1 aliphatic heterocycles. The highest BCUT2D eigenvalue weighted by Gasteiger charge is 2.51. The van der Waals surface area contributed by atoms with Gasteiger partial charge >= 0.3 is 0 Å². The summed E-state index contributed by atoms with van der Waals surface area (Å²) in [5.41, 5.74) is 4.12. The number of amides is 2. The molecule has 1 heterocycles. The van der Waals surface area contributed by atoms with E-state index < -0.39 is 5.60 Å². The molecule has 0 radical (unpaired) electrons. The number of piperazine rings is 1. The lowest BCUT2D eigenvalue weighted by atomic mass is 9.98. The highest BCUT2D eigenvalue weighted by Crippen LogP contribution is 2.37. The molecule has 5 heteroatoms. The van der Waals surface area contributed by atoms with Crippen LogP contribution in [0.4, 0.5) is 0 Å². The highest BCUT2D eigenvalue weighted by atomic mass is 16.3. The number of hydrogen-bond acceptors (Lipinski definition) is 3. The third-order valence-corrected chi connectivity index (χ3v) is 6.72. The Balaban J connectivity index is 1.27. The molecule has 2 aromatic rings. The first-order valence-corrected chi connectivity index (χ1v) is 11.3. The summed E-state index contributed by atoms with van der Waals surface area (Å²) in [6, 6.07) is 14.1. The van der Waals surface area contributed by atoms with Crippen molar-refractivity contribution in [2.75, 3.05) is 19.6 Å². The smallest absolute Gasteiger partial charge is 0.254 e. The second kappa shape index (κ2) is 8.06. The number of aliphatic hydroxyl groups is 1. The average Bonchev–Trinajstić information content (AvgIpc) is 3.60. The van der Waals surface area contributed by atoms with E-state index in [1.165, 1.54) is 11.1 Å². The fourth-order valence-corrected chi connectivity index (χ4v) is 4.55. The number of benzene rings is 2. The first-order valence-electron chi connectivity index (χ1n) is 11.3. The monoisotopic (exact) mass is 428 g/mol. The maximum absolute atomic E-state index is 13.1. The first-order chi connectivity index (χ1) is 15.4. The van der Waals surface area contributed by atoms with Gasteiger partial charge in [-0.3, -0.25) is 9.59 Å². The summed E-state index contributed by atoms with van der Waals surface area (Å²) < 4.78 is 0. The zero-order valence-corrected chi connectivity index (χ0v) is 18.3. The van der Waals surface area contributed by atoms with Gasteiger partial charge in [-0.05, 0) is 66.6 Å². The van der Waals surface area contributed by atoms with Crippen LogP contribution in [0.3, 0.4) is 0 Å². The Hall–Kier alpha value is -3.18. The molecule has 2 amide bonds. The van der Waals surface area contributed by atoms with Crippen LogP contribution < -0.4 is 0 Å². The van der Waals surface area contributed by atoms with Crippen LogP contribution in [0.2, 0.25) is 0 Å². The zero-order chi connectivity index (χ0) is 22.3. The number of carbonyl (C=O) groups is 2. The van der Waals surface area contributed by atoms with Crippen molar-refractivity contribution in [2.24, 2.45) is 0 Å². The highest BCUT2D eigenvalue weighted by molar-refractivity contribution is 5.95. The molecule has 5 rings (SSSR count). The predicted molar refractivity (Wildman–Crippen MR) is 126 cm³/mol. The van der Waals surface area contributed by atoms with E-state index in [1.54, 1.807) is 9.80 Å². The van der Waals surface area contributed by atoms with Gasteiger partial charge < -0.3 is 14.9 Å². The van der Waals surface area contributed by atoms with Crippen LogP contribution in [-0.2, 0) is 4.79 Å². The molecule has 2 fully saturated rings. The molecule has 1 saturated heterocycles. The second-order valence-corrected chi connectivity index (χ2v) is 9.09. The summed E-state index contributed by atoms with van der Waals surface area (Å²) >= 11 is 0. The molecule has 0 aromatic heterocycles. The lowest BCUT2D eigenvalue weighted by Crippen LogP contribution is -2.57. The molecule has 0 spiro atoms. The van der Waals surface area contributed by atoms with Gasteiger partial charge in [0, 0.05) is 31.2 Å². The van der Waals surface area contributed by atoms with Crippen LogP contribution in [0.25, 0.3) is 23.3 Å². The van der Waals surface area contributed by atoms with Crippen molar-refractivity contribution in [2.45, 2.75) is 37.8 Å². The normalized spacial score (nSPS) is 21.1. The summed E-state index contributed by atoms with van der Waals surface area (Å²) in [6.07, 6.45) is 10.7. The number of hydrogen-bond donors (Lipinski definition) is 1. The summed E-state index contributed by atoms with van der Waals surface area (Å²) in [4.78, 5) is 29.1. The van der Waals surface area contributed by atoms with E-state index in [4.69, 9.17) is 0 Å². The van der Waals surface area contributed by atoms with E-state index >= 15 is 0 Å². The summed E-state index contributed by atoms with van der Waals surface area (Å²) in [7, 11) is 0. The summed E-state index contributed by atoms with van der Waals surface area (Å²) in [5, 5.41) is 10.1. The van der Waals surface area contributed by atoms with E-state index in [9.17, 15) is 14.7 Å². The van der Waals surface area contributed by atoms with Crippen molar-refractivity contribution in [3.8, 4) is 11.1 Å². The molecule has 1 N–H and O–H groups in total. The molecule has 2 aliphatic carbocycles. The Morgan fingerprint density at radius 1 is 0.938 bits per heavy atom. The second-order valence-electron chi connectivity index (χ2n) is 9.09. The molecule has 32 heavy (non-hydrogen) atoms. The first kappa shape index (κ1) is 20.7. The lowest BCUT2D eigenvalue weighted by molar-refractivity contribution is -0.146. The molecule has 0 unspecified atom stereocenters. The fourth-order valence-electron chi connectivity index (χ4n) is 4.55. The van der Waals surface area contributed by atoms with Gasteiger partial charge in [-0.15, -0.1) is 0 Å². The van der Waals surface area contributed by atoms with E-state index in [1.807, 2.05) is 31.2 Å². The van der Waals surface area contributed by atoms with E-state index in [-0.39, 0.29) is 17.9 Å². The molecular weight excluding hydrogens is 400 g/mol. The number of nitrogens with zero attached hydrogens (tertiary/aromatic N) is 2. The Kier molecular flexibility index (Phi) is 5.22. The minimum atomic E-state index is -1.15. The summed E-state index contributed by atoms with van der Waals surface area (Å²) in [5.74, 6) is -0.205. The van der Waals surface area contributed by atoms with Crippen molar-refractivity contribution in [1.82, 2.24) is 9.80 Å². The Bertz CT molecular complexity index is 1110. The number of allylic oxidation sites excluding steroid dienone is 2. The Morgan fingerprint density at radius 3 is 2.31 bits per heavy atom. The quantitative estimate of drug-likeness (QED) is 0.804. The standard InChI is InChI=1S/C27H28N2O3/c1-19-18-28(15-16-29(19)26(31)27(32)13-14-27)25(30)22-10-7-21(8-11-22)24-12-9-20-5-3-2-4-6-23(20)17-24/h3-12,17,19,32H,2,13-16,18H2,1H3/t19-/m0/s1. The minimum absolute atomic E-state index is 0.0179. The fraction of sp³-hybridized carbons (Fsp3) is 0.333. The van der Waals surface area contributed by atoms with Gasteiger partial charge in [0.1, 0.15) is 5.60 Å². The minimum Gasteiger partial charge on any atom is -0.380 e. The molecule has 1 saturated carbocycles. The van der Waals surface area contributed by atoms with Gasteiger partial charge in [0.15, 0.2) is 0 Å². The predicted octanol–water partition coefficient (Wildman–Crippen LogP) is 3.98. The molecule has 1 atom stereocenters. The number of fused-ring (bicyclic) bond motifs is 1. The zero-order valence-electron chi connectivity index (χ0n) is 18.3. The molecule has 0 bridgehead atoms. The van der Waals surface area contributed by atoms with Gasteiger partial charge in [-0.25, -0.2) is 0 Å². The van der Waals surface area contributed by atoms with Crippen molar-refractivity contribution >= 4 is 24.0 Å². The average molecular weight is 429 g/mol. The van der Waals surface area contributed by atoms with Crippen molar-refractivity contribution in [3.05, 3.63) is 71.3 Å². The summed E-state index contributed by atoms with van der Waals surface area (Å²) in [6.45, 7) is 3.36. The van der Waals surface area contributed by atoms with Crippen LogP contribution in [0.5, 0.6) is 0 Å². The van der Waals surface area contributed by atoms with Gasteiger partial charge in [0.25, 0.3) is 11.8 Å².